The zero-order chi connectivity index (χ0) is 18.0. The molecule has 0 fully saturated rings. The highest BCUT2D eigenvalue weighted by molar-refractivity contribution is 6.05. The van der Waals surface area contributed by atoms with Gasteiger partial charge in [0.25, 0.3) is 5.91 Å². The molecular weight excluding hydrogens is 314 g/mol. The van der Waals surface area contributed by atoms with E-state index < -0.39 is 0 Å². The Labute approximate surface area is 146 Å². The summed E-state index contributed by atoms with van der Waals surface area (Å²) in [4.78, 5) is 16.8. The van der Waals surface area contributed by atoms with Gasteiger partial charge in [0.1, 0.15) is 0 Å². The van der Waals surface area contributed by atoms with E-state index in [1.807, 2.05) is 49.6 Å². The molecule has 0 aliphatic rings. The predicted molar refractivity (Wildman–Crippen MR) is 97.1 cm³/mol. The number of benzene rings is 1. The fraction of sp³-hybridized carbons (Fsp3) is 0.263. The number of aromatic nitrogens is 4. The molecule has 0 aliphatic heterocycles. The molecular formula is C19H21N5O. The third-order valence-corrected chi connectivity index (χ3v) is 4.29. The first-order chi connectivity index (χ1) is 12.0. The number of carbonyl (C=O) groups is 1. The molecule has 2 heterocycles. The molecule has 0 saturated carbocycles. The van der Waals surface area contributed by atoms with Crippen LogP contribution >= 0.6 is 0 Å². The van der Waals surface area contributed by atoms with E-state index in [1.165, 1.54) is 0 Å². The maximum atomic E-state index is 12.5. The molecule has 3 rings (SSSR count). The van der Waals surface area contributed by atoms with Crippen LogP contribution in [0, 0.1) is 20.8 Å². The second-order valence-corrected chi connectivity index (χ2v) is 5.97. The Bertz CT molecular complexity index is 912. The largest absolute Gasteiger partial charge is 0.322 e. The van der Waals surface area contributed by atoms with Crippen LogP contribution < -0.4 is 5.32 Å². The van der Waals surface area contributed by atoms with Crippen molar-refractivity contribution in [3.05, 3.63) is 65.0 Å². The molecule has 0 radical (unpaired) electrons. The lowest BCUT2D eigenvalue weighted by Gasteiger charge is -2.10. The summed E-state index contributed by atoms with van der Waals surface area (Å²) >= 11 is 0. The van der Waals surface area contributed by atoms with E-state index >= 15 is 0 Å². The van der Waals surface area contributed by atoms with Crippen molar-refractivity contribution in [1.82, 2.24) is 19.7 Å². The normalized spacial score (nSPS) is 10.7. The molecule has 3 aromatic rings. The molecule has 2 aromatic heterocycles. The number of amides is 1. The van der Waals surface area contributed by atoms with Crippen molar-refractivity contribution in [2.24, 2.45) is 0 Å². The second-order valence-electron chi connectivity index (χ2n) is 5.97. The minimum absolute atomic E-state index is 0.176. The molecule has 0 unspecified atom stereocenters. The van der Waals surface area contributed by atoms with E-state index in [0.29, 0.717) is 11.3 Å². The average molecular weight is 335 g/mol. The van der Waals surface area contributed by atoms with Gasteiger partial charge in [-0.1, -0.05) is 6.92 Å². The standard InChI is InChI=1S/C19H21N5O/c1-5-15-10-18(13(3)22-23-15)19(25)21-16-6-8-17(9-7-16)24-11-20-12(2)14(24)4/h6-11H,5H2,1-4H3,(H,21,25). The molecule has 128 valence electrons. The predicted octanol–water partition coefficient (Wildman–Crippen LogP) is 3.40. The maximum Gasteiger partial charge on any atom is 0.257 e. The number of nitrogens with zero attached hydrogens (tertiary/aromatic N) is 4. The molecule has 1 N–H and O–H groups in total. The summed E-state index contributed by atoms with van der Waals surface area (Å²) in [7, 11) is 0. The highest BCUT2D eigenvalue weighted by Gasteiger charge is 2.12. The highest BCUT2D eigenvalue weighted by Crippen LogP contribution is 2.18. The van der Waals surface area contributed by atoms with Crippen LogP contribution in [0.4, 0.5) is 5.69 Å². The summed E-state index contributed by atoms with van der Waals surface area (Å²) in [6, 6.07) is 9.47. The van der Waals surface area contributed by atoms with Crippen molar-refractivity contribution in [2.45, 2.75) is 34.1 Å². The Morgan fingerprint density at radius 3 is 2.40 bits per heavy atom. The second kappa shape index (κ2) is 6.84. The van der Waals surface area contributed by atoms with E-state index in [9.17, 15) is 4.79 Å². The zero-order valence-corrected chi connectivity index (χ0v) is 14.9. The summed E-state index contributed by atoms with van der Waals surface area (Å²) in [6.45, 7) is 7.78. The van der Waals surface area contributed by atoms with Gasteiger partial charge in [0.15, 0.2) is 0 Å². The topological polar surface area (TPSA) is 72.7 Å². The Kier molecular flexibility index (Phi) is 4.61. The number of hydrogen-bond donors (Lipinski definition) is 1. The van der Waals surface area contributed by atoms with Crippen LogP contribution in [0.1, 0.15) is 40.1 Å². The molecule has 0 spiro atoms. The molecule has 0 saturated heterocycles. The Morgan fingerprint density at radius 2 is 1.80 bits per heavy atom. The van der Waals surface area contributed by atoms with Gasteiger partial charge in [0, 0.05) is 17.1 Å². The lowest BCUT2D eigenvalue weighted by molar-refractivity contribution is 0.102. The van der Waals surface area contributed by atoms with E-state index in [2.05, 4.69) is 20.5 Å². The molecule has 6 heteroatoms. The average Bonchev–Trinajstić information content (AvgIpc) is 2.95. The van der Waals surface area contributed by atoms with Crippen LogP contribution in [0.15, 0.2) is 36.7 Å². The number of nitrogens with one attached hydrogen (secondary N) is 1. The first-order valence-electron chi connectivity index (χ1n) is 8.25. The van der Waals surface area contributed by atoms with Gasteiger partial charge < -0.3 is 9.88 Å². The highest BCUT2D eigenvalue weighted by atomic mass is 16.1. The quantitative estimate of drug-likeness (QED) is 0.793. The van der Waals surface area contributed by atoms with Crippen molar-refractivity contribution in [3.63, 3.8) is 0 Å². The first-order valence-corrected chi connectivity index (χ1v) is 8.25. The van der Waals surface area contributed by atoms with Gasteiger partial charge >= 0.3 is 0 Å². The molecule has 25 heavy (non-hydrogen) atoms. The smallest absolute Gasteiger partial charge is 0.257 e. The van der Waals surface area contributed by atoms with Crippen LogP contribution in [-0.2, 0) is 6.42 Å². The lowest BCUT2D eigenvalue weighted by atomic mass is 10.1. The number of rotatable bonds is 4. The third kappa shape index (κ3) is 3.42. The molecule has 1 amide bonds. The Morgan fingerprint density at radius 1 is 1.08 bits per heavy atom. The number of anilines is 1. The number of imidazole rings is 1. The van der Waals surface area contributed by atoms with E-state index in [4.69, 9.17) is 0 Å². The molecule has 6 nitrogen and oxygen atoms in total. The molecule has 0 bridgehead atoms. The summed E-state index contributed by atoms with van der Waals surface area (Å²) < 4.78 is 2.02. The van der Waals surface area contributed by atoms with Crippen molar-refractivity contribution in [1.29, 1.82) is 0 Å². The number of aryl methyl sites for hydroxylation is 3. The van der Waals surface area contributed by atoms with Gasteiger partial charge in [0.05, 0.1) is 29.0 Å². The minimum Gasteiger partial charge on any atom is -0.322 e. The van der Waals surface area contributed by atoms with Crippen LogP contribution in [0.2, 0.25) is 0 Å². The van der Waals surface area contributed by atoms with Crippen LogP contribution in [-0.4, -0.2) is 25.7 Å². The fourth-order valence-electron chi connectivity index (χ4n) is 2.56. The maximum absolute atomic E-state index is 12.5. The fourth-order valence-corrected chi connectivity index (χ4v) is 2.56. The SMILES string of the molecule is CCc1cc(C(=O)Nc2ccc(-n3cnc(C)c3C)cc2)c(C)nn1. The van der Waals surface area contributed by atoms with Gasteiger partial charge in [-0.2, -0.15) is 10.2 Å². The minimum atomic E-state index is -0.176. The number of carbonyl (C=O) groups excluding carboxylic acids is 1. The first kappa shape index (κ1) is 16.8. The number of hydrogen-bond acceptors (Lipinski definition) is 4. The Balaban J connectivity index is 1.80. The summed E-state index contributed by atoms with van der Waals surface area (Å²) in [5.41, 5.74) is 5.82. The third-order valence-electron chi connectivity index (χ3n) is 4.29. The van der Waals surface area contributed by atoms with Gasteiger partial charge in [-0.05, 0) is 57.5 Å². The van der Waals surface area contributed by atoms with E-state index in [-0.39, 0.29) is 5.91 Å². The van der Waals surface area contributed by atoms with E-state index in [0.717, 1.165) is 34.9 Å². The van der Waals surface area contributed by atoms with Gasteiger partial charge in [0.2, 0.25) is 0 Å². The summed E-state index contributed by atoms with van der Waals surface area (Å²) in [6.07, 6.45) is 2.54. The van der Waals surface area contributed by atoms with Crippen LogP contribution in [0.3, 0.4) is 0 Å². The van der Waals surface area contributed by atoms with E-state index in [1.54, 1.807) is 19.3 Å². The van der Waals surface area contributed by atoms with Crippen LogP contribution in [0.25, 0.3) is 5.69 Å². The zero-order valence-electron chi connectivity index (χ0n) is 14.9. The van der Waals surface area contributed by atoms with Crippen molar-refractivity contribution in [3.8, 4) is 5.69 Å². The van der Waals surface area contributed by atoms with Gasteiger partial charge in [-0.15, -0.1) is 0 Å². The van der Waals surface area contributed by atoms with Crippen molar-refractivity contribution < 1.29 is 4.79 Å². The lowest BCUT2D eigenvalue weighted by Crippen LogP contribution is -2.15. The van der Waals surface area contributed by atoms with Crippen LogP contribution in [0.5, 0.6) is 0 Å². The van der Waals surface area contributed by atoms with Gasteiger partial charge in [-0.25, -0.2) is 4.98 Å². The molecule has 0 aliphatic carbocycles. The monoisotopic (exact) mass is 335 g/mol. The summed E-state index contributed by atoms with van der Waals surface area (Å²) in [5.74, 6) is -0.176. The summed E-state index contributed by atoms with van der Waals surface area (Å²) in [5, 5.41) is 11.0. The Hall–Kier alpha value is -3.02. The molecule has 1 aromatic carbocycles. The molecule has 0 atom stereocenters. The van der Waals surface area contributed by atoms with Gasteiger partial charge in [-0.3, -0.25) is 4.79 Å². The van der Waals surface area contributed by atoms with Crippen molar-refractivity contribution in [2.75, 3.05) is 5.32 Å². The van der Waals surface area contributed by atoms with Crippen molar-refractivity contribution >= 4 is 11.6 Å².